The number of hydrogen-bond acceptors (Lipinski definition) is 4. The fourth-order valence-corrected chi connectivity index (χ4v) is 10.4. The molecule has 2 atom stereocenters. The second-order valence-corrected chi connectivity index (χ2v) is 16.6. The van der Waals surface area contributed by atoms with Crippen molar-refractivity contribution in [2.24, 2.45) is 23.7 Å². The van der Waals surface area contributed by atoms with Crippen LogP contribution in [0.3, 0.4) is 0 Å². The molecule has 2 aliphatic carbocycles. The Labute approximate surface area is 267 Å². The quantitative estimate of drug-likeness (QED) is 0.154. The van der Waals surface area contributed by atoms with Gasteiger partial charge in [0, 0.05) is 41.1 Å². The zero-order valence-corrected chi connectivity index (χ0v) is 27.5. The largest absolute Gasteiger partial charge is 0.398 e. The highest BCUT2D eigenvalue weighted by atomic mass is 28.3. The third-order valence-electron chi connectivity index (χ3n) is 10.0. The van der Waals surface area contributed by atoms with E-state index in [2.05, 4.69) is 104 Å². The van der Waals surface area contributed by atoms with E-state index >= 15 is 0 Å². The van der Waals surface area contributed by atoms with Crippen molar-refractivity contribution in [2.75, 3.05) is 11.1 Å². The van der Waals surface area contributed by atoms with Gasteiger partial charge in [-0.2, -0.15) is 0 Å². The van der Waals surface area contributed by atoms with E-state index in [0.29, 0.717) is 29.3 Å². The number of nitrogen functional groups attached to an aromatic ring is 1. The zero-order chi connectivity index (χ0) is 31.3. The van der Waals surface area contributed by atoms with Gasteiger partial charge in [-0.05, 0) is 95.3 Å². The van der Waals surface area contributed by atoms with E-state index in [1.807, 2.05) is 24.4 Å². The van der Waals surface area contributed by atoms with E-state index in [-0.39, 0.29) is 17.2 Å². The highest BCUT2D eigenvalue weighted by Crippen LogP contribution is 2.60. The Kier molecular flexibility index (Phi) is 7.56. The van der Waals surface area contributed by atoms with Gasteiger partial charge in [0.05, 0.1) is 0 Å². The number of nitrogens with two attached hydrogens (primary N) is 1. The van der Waals surface area contributed by atoms with Gasteiger partial charge in [0.25, 0.3) is 0 Å². The number of nitrogens with zero attached hydrogens (tertiary/aromatic N) is 2. The maximum atomic E-state index is 13.4. The summed E-state index contributed by atoms with van der Waals surface area (Å²) in [6, 6.07) is 29.7. The van der Waals surface area contributed by atoms with Crippen molar-refractivity contribution in [1.29, 1.82) is 0 Å². The lowest BCUT2D eigenvalue weighted by Crippen LogP contribution is -2.43. The first-order valence-electron chi connectivity index (χ1n) is 16.1. The summed E-state index contributed by atoms with van der Waals surface area (Å²) < 4.78 is 0. The number of aromatic nitrogens is 2. The van der Waals surface area contributed by atoms with Crippen LogP contribution in [-0.4, -0.2) is 24.7 Å². The monoisotopic (exact) mass is 609 g/mol. The predicted octanol–water partition coefficient (Wildman–Crippen LogP) is 7.00. The van der Waals surface area contributed by atoms with E-state index in [1.54, 1.807) is 12.4 Å². The van der Waals surface area contributed by atoms with Gasteiger partial charge in [0.15, 0.2) is 0 Å². The molecular weight excluding hydrogens is 569 g/mol. The van der Waals surface area contributed by atoms with Crippen LogP contribution in [-0.2, 0) is 10.2 Å². The molecule has 2 heterocycles. The number of nitrogens with one attached hydrogen (secondary N) is 1. The topological polar surface area (TPSA) is 80.9 Å². The summed E-state index contributed by atoms with van der Waals surface area (Å²) in [5, 5.41) is 7.95. The molecule has 0 aliphatic heterocycles. The van der Waals surface area contributed by atoms with Gasteiger partial charge in [0.2, 0.25) is 5.91 Å². The van der Waals surface area contributed by atoms with Crippen LogP contribution >= 0.6 is 0 Å². The number of pyridine rings is 2. The molecule has 3 aromatic carbocycles. The highest BCUT2D eigenvalue weighted by molar-refractivity contribution is 6.85. The number of benzene rings is 3. The molecule has 2 saturated carbocycles. The molecule has 0 saturated heterocycles. The molecule has 45 heavy (non-hydrogen) atoms. The van der Waals surface area contributed by atoms with E-state index in [4.69, 9.17) is 5.73 Å². The van der Waals surface area contributed by atoms with Crippen LogP contribution in [0.4, 0.5) is 11.5 Å². The van der Waals surface area contributed by atoms with Crippen LogP contribution in [0.1, 0.15) is 44.7 Å². The summed E-state index contributed by atoms with van der Waals surface area (Å²) in [7, 11) is -0.907. The first-order chi connectivity index (χ1) is 21.7. The molecule has 1 radical (unpaired) electrons. The van der Waals surface area contributed by atoms with Gasteiger partial charge in [-0.25, -0.2) is 4.98 Å². The Morgan fingerprint density at radius 2 is 1.64 bits per heavy atom. The summed E-state index contributed by atoms with van der Waals surface area (Å²) >= 11 is 0. The van der Waals surface area contributed by atoms with Crippen LogP contribution < -0.4 is 21.4 Å². The molecular formula is C39H41N4OSi. The van der Waals surface area contributed by atoms with Crippen molar-refractivity contribution >= 4 is 47.4 Å². The Hall–Kier alpha value is -4.29. The van der Waals surface area contributed by atoms with E-state index in [0.717, 1.165) is 40.3 Å². The van der Waals surface area contributed by atoms with Crippen LogP contribution in [0.5, 0.6) is 0 Å². The SMILES string of the molecule is Cc1ccncc1-c1cc(N)c2cnc(NC(=O)C3C4CC(C[Si](c5ccccc5)c5ccc(C(C)(C)C)cc5)CC43)cc2c1. The summed E-state index contributed by atoms with van der Waals surface area (Å²) in [4.78, 5) is 22.3. The number of amides is 1. The fourth-order valence-electron chi connectivity index (χ4n) is 7.50. The van der Waals surface area contributed by atoms with Crippen LogP contribution in [0.15, 0.2) is 97.5 Å². The fraction of sp³-hybridized carbons (Fsp3) is 0.308. The minimum atomic E-state index is -0.907. The van der Waals surface area contributed by atoms with Crippen LogP contribution in [0, 0.1) is 30.6 Å². The number of carbonyl (C=O) groups excluding carboxylic acids is 1. The summed E-state index contributed by atoms with van der Waals surface area (Å²) in [6.45, 7) is 8.89. The second kappa shape index (κ2) is 11.6. The third-order valence-corrected chi connectivity index (χ3v) is 13.1. The Morgan fingerprint density at radius 3 is 2.33 bits per heavy atom. The van der Waals surface area contributed by atoms with Crippen molar-refractivity contribution < 1.29 is 4.79 Å². The van der Waals surface area contributed by atoms with Crippen molar-refractivity contribution in [3.63, 3.8) is 0 Å². The molecule has 7 rings (SSSR count). The minimum Gasteiger partial charge on any atom is -0.398 e. The first-order valence-corrected chi connectivity index (χ1v) is 17.8. The molecule has 227 valence electrons. The van der Waals surface area contributed by atoms with Crippen molar-refractivity contribution in [2.45, 2.75) is 52.0 Å². The average molecular weight is 610 g/mol. The number of fused-ring (bicyclic) bond motifs is 2. The standard InChI is InChI=1S/C39H41N4OSi/c1-24-14-15-41-21-33(24)26-18-27-20-36(42-22-34(27)35(40)19-26)43-38(44)37-31-16-25(17-32(31)37)23-45(29-8-6-5-7-9-29)30-12-10-28(11-13-30)39(2,3)4/h5-15,18-22,25,31-32,37H,16-17,23,40H2,1-4H3,(H,42,43,44). The van der Waals surface area contributed by atoms with Gasteiger partial charge in [-0.15, -0.1) is 0 Å². The molecule has 2 aromatic heterocycles. The molecule has 0 spiro atoms. The Balaban J connectivity index is 1.02. The number of anilines is 2. The average Bonchev–Trinajstić information content (AvgIpc) is 3.54. The number of hydrogen-bond donors (Lipinski definition) is 2. The van der Waals surface area contributed by atoms with Gasteiger partial charge < -0.3 is 11.1 Å². The normalized spacial score (nSPS) is 20.7. The lowest BCUT2D eigenvalue weighted by Gasteiger charge is -2.24. The molecule has 2 aliphatic rings. The van der Waals surface area contributed by atoms with E-state index in [9.17, 15) is 4.79 Å². The maximum Gasteiger partial charge on any atom is 0.229 e. The van der Waals surface area contributed by atoms with Crippen LogP contribution in [0.2, 0.25) is 6.04 Å². The van der Waals surface area contributed by atoms with Gasteiger partial charge >= 0.3 is 0 Å². The summed E-state index contributed by atoms with van der Waals surface area (Å²) in [6.07, 6.45) is 7.71. The minimum absolute atomic E-state index is 0.0895. The lowest BCUT2D eigenvalue weighted by atomic mass is 9.87. The number of rotatable bonds is 7. The van der Waals surface area contributed by atoms with E-state index < -0.39 is 8.80 Å². The molecule has 5 aromatic rings. The van der Waals surface area contributed by atoms with Gasteiger partial charge in [-0.3, -0.25) is 9.78 Å². The molecule has 2 unspecified atom stereocenters. The summed E-state index contributed by atoms with van der Waals surface area (Å²) in [5.41, 5.74) is 11.8. The molecule has 1 amide bonds. The highest BCUT2D eigenvalue weighted by Gasteiger charge is 2.59. The zero-order valence-electron chi connectivity index (χ0n) is 26.5. The second-order valence-electron chi connectivity index (χ2n) is 14.1. The first kappa shape index (κ1) is 29.4. The van der Waals surface area contributed by atoms with E-state index in [1.165, 1.54) is 22.0 Å². The van der Waals surface area contributed by atoms with Crippen LogP contribution in [0.25, 0.3) is 21.9 Å². The Bertz CT molecular complexity index is 1850. The Morgan fingerprint density at radius 1 is 0.933 bits per heavy atom. The third kappa shape index (κ3) is 5.91. The van der Waals surface area contributed by atoms with Crippen molar-refractivity contribution in [1.82, 2.24) is 9.97 Å². The molecule has 0 bridgehead atoms. The number of carbonyl (C=O) groups is 1. The van der Waals surface area contributed by atoms with Gasteiger partial charge in [-0.1, -0.05) is 85.7 Å². The van der Waals surface area contributed by atoms with Crippen molar-refractivity contribution in [3.8, 4) is 11.1 Å². The predicted molar refractivity (Wildman–Crippen MR) is 187 cm³/mol. The molecule has 5 nitrogen and oxygen atoms in total. The van der Waals surface area contributed by atoms with Crippen molar-refractivity contribution in [3.05, 3.63) is 109 Å². The molecule has 2 fully saturated rings. The van der Waals surface area contributed by atoms with Gasteiger partial charge in [0.1, 0.15) is 14.6 Å². The summed E-state index contributed by atoms with van der Waals surface area (Å²) in [5.74, 6) is 2.40. The lowest BCUT2D eigenvalue weighted by molar-refractivity contribution is -0.118. The smallest absolute Gasteiger partial charge is 0.229 e. The molecule has 3 N–H and O–H groups in total. The molecule has 6 heteroatoms. The maximum absolute atomic E-state index is 13.4. The number of aryl methyl sites for hydroxylation is 1.